The molecular weight excluding hydrogens is 238 g/mol. The molecule has 0 spiro atoms. The molecule has 0 aliphatic heterocycles. The monoisotopic (exact) mass is 255 g/mol. The fourth-order valence-electron chi connectivity index (χ4n) is 1.82. The van der Waals surface area contributed by atoms with Crippen molar-refractivity contribution in [3.8, 4) is 6.07 Å². The number of nitrogens with one attached hydrogen (secondary N) is 1. The molecule has 0 fully saturated rings. The van der Waals surface area contributed by atoms with Gasteiger partial charge in [-0.15, -0.1) is 0 Å². The van der Waals surface area contributed by atoms with Crippen LogP contribution in [0.25, 0.3) is 0 Å². The highest BCUT2D eigenvalue weighted by Gasteiger charge is 2.09. The average molecular weight is 255 g/mol. The van der Waals surface area contributed by atoms with E-state index in [4.69, 9.17) is 9.68 Å². The molecule has 0 aliphatic carbocycles. The minimum atomic E-state index is 0.181. The van der Waals surface area contributed by atoms with Crippen molar-refractivity contribution in [2.75, 3.05) is 0 Å². The van der Waals surface area contributed by atoms with Crippen LogP contribution in [0.1, 0.15) is 41.4 Å². The number of hydrogen-bond donors (Lipinski definition) is 1. The highest BCUT2D eigenvalue weighted by Crippen LogP contribution is 2.14. The molecule has 1 aromatic carbocycles. The first-order valence-corrected chi connectivity index (χ1v) is 6.26. The van der Waals surface area contributed by atoms with E-state index < -0.39 is 0 Å². The van der Waals surface area contributed by atoms with Gasteiger partial charge in [0.2, 0.25) is 5.89 Å². The van der Waals surface area contributed by atoms with Crippen molar-refractivity contribution in [1.82, 2.24) is 10.3 Å². The van der Waals surface area contributed by atoms with E-state index in [2.05, 4.69) is 23.3 Å². The number of aryl methyl sites for hydroxylation is 2. The Morgan fingerprint density at radius 3 is 2.53 bits per heavy atom. The SMILES string of the molecule is Cc1nc(CNC(C)c2ccc(C#N)cc2)oc1C. The normalized spacial score (nSPS) is 12.1. The Morgan fingerprint density at radius 2 is 2.00 bits per heavy atom. The summed E-state index contributed by atoms with van der Waals surface area (Å²) < 4.78 is 5.52. The number of hydrogen-bond acceptors (Lipinski definition) is 4. The van der Waals surface area contributed by atoms with Crippen molar-refractivity contribution in [2.24, 2.45) is 0 Å². The molecule has 1 atom stereocenters. The molecule has 4 heteroatoms. The Morgan fingerprint density at radius 1 is 1.32 bits per heavy atom. The van der Waals surface area contributed by atoms with Crippen LogP contribution in [-0.4, -0.2) is 4.98 Å². The molecule has 0 bridgehead atoms. The van der Waals surface area contributed by atoms with Gasteiger partial charge in [-0.25, -0.2) is 4.98 Å². The second kappa shape index (κ2) is 5.68. The Bertz CT molecular complexity index is 573. The third-order valence-corrected chi connectivity index (χ3v) is 3.17. The smallest absolute Gasteiger partial charge is 0.208 e. The molecule has 98 valence electrons. The summed E-state index contributed by atoms with van der Waals surface area (Å²) >= 11 is 0. The van der Waals surface area contributed by atoms with E-state index in [9.17, 15) is 0 Å². The van der Waals surface area contributed by atoms with Crippen molar-refractivity contribution in [3.05, 3.63) is 52.7 Å². The molecule has 0 amide bonds. The number of rotatable bonds is 4. The molecule has 1 aromatic heterocycles. The molecule has 0 saturated heterocycles. The third kappa shape index (κ3) is 3.21. The van der Waals surface area contributed by atoms with Crippen LogP contribution in [-0.2, 0) is 6.54 Å². The summed E-state index contributed by atoms with van der Waals surface area (Å²) in [6, 6.07) is 9.87. The van der Waals surface area contributed by atoms with Crippen LogP contribution in [0.4, 0.5) is 0 Å². The molecular formula is C15H17N3O. The number of aromatic nitrogens is 1. The second-order valence-corrected chi connectivity index (χ2v) is 4.59. The van der Waals surface area contributed by atoms with Gasteiger partial charge in [-0.2, -0.15) is 5.26 Å². The van der Waals surface area contributed by atoms with Crippen molar-refractivity contribution in [3.63, 3.8) is 0 Å². The Balaban J connectivity index is 1.97. The van der Waals surface area contributed by atoms with Crippen LogP contribution in [0.2, 0.25) is 0 Å². The van der Waals surface area contributed by atoms with Gasteiger partial charge in [-0.3, -0.25) is 0 Å². The minimum absolute atomic E-state index is 0.181. The summed E-state index contributed by atoms with van der Waals surface area (Å²) in [7, 11) is 0. The van der Waals surface area contributed by atoms with E-state index in [1.54, 1.807) is 0 Å². The number of oxazole rings is 1. The molecule has 0 saturated carbocycles. The lowest BCUT2D eigenvalue weighted by atomic mass is 10.1. The fraction of sp³-hybridized carbons (Fsp3) is 0.333. The second-order valence-electron chi connectivity index (χ2n) is 4.59. The molecule has 2 aromatic rings. The maximum atomic E-state index is 8.76. The number of nitrogens with zero attached hydrogens (tertiary/aromatic N) is 2. The lowest BCUT2D eigenvalue weighted by Crippen LogP contribution is -2.18. The topological polar surface area (TPSA) is 61.9 Å². The maximum Gasteiger partial charge on any atom is 0.208 e. The summed E-state index contributed by atoms with van der Waals surface area (Å²) in [6.07, 6.45) is 0. The first-order chi connectivity index (χ1) is 9.10. The molecule has 1 unspecified atom stereocenters. The summed E-state index contributed by atoms with van der Waals surface area (Å²) in [4.78, 5) is 4.33. The zero-order valence-electron chi connectivity index (χ0n) is 11.4. The van der Waals surface area contributed by atoms with Crippen molar-refractivity contribution >= 4 is 0 Å². The van der Waals surface area contributed by atoms with E-state index in [1.165, 1.54) is 0 Å². The zero-order chi connectivity index (χ0) is 13.8. The zero-order valence-corrected chi connectivity index (χ0v) is 11.4. The Labute approximate surface area is 113 Å². The molecule has 2 rings (SSSR count). The molecule has 1 heterocycles. The lowest BCUT2D eigenvalue weighted by Gasteiger charge is -2.12. The van der Waals surface area contributed by atoms with Gasteiger partial charge in [0.1, 0.15) is 5.76 Å². The van der Waals surface area contributed by atoms with Crippen LogP contribution in [0.15, 0.2) is 28.7 Å². The number of nitriles is 1. The van der Waals surface area contributed by atoms with Crippen LogP contribution in [0, 0.1) is 25.2 Å². The standard InChI is InChI=1S/C15H17N3O/c1-10-12(3)19-15(18-10)9-17-11(2)14-6-4-13(8-16)5-7-14/h4-7,11,17H,9H2,1-3H3. The third-order valence-electron chi connectivity index (χ3n) is 3.17. The molecule has 0 radical (unpaired) electrons. The summed E-state index contributed by atoms with van der Waals surface area (Å²) in [6.45, 7) is 6.52. The van der Waals surface area contributed by atoms with E-state index in [0.717, 1.165) is 17.0 Å². The molecule has 0 aliphatic rings. The van der Waals surface area contributed by atoms with Gasteiger partial charge in [0.05, 0.1) is 23.9 Å². The largest absolute Gasteiger partial charge is 0.444 e. The summed E-state index contributed by atoms with van der Waals surface area (Å²) in [5, 5.41) is 12.1. The van der Waals surface area contributed by atoms with E-state index in [0.29, 0.717) is 18.0 Å². The van der Waals surface area contributed by atoms with E-state index >= 15 is 0 Å². The van der Waals surface area contributed by atoms with Crippen LogP contribution in [0.3, 0.4) is 0 Å². The Kier molecular flexibility index (Phi) is 3.98. The summed E-state index contributed by atoms with van der Waals surface area (Å²) in [5.74, 6) is 1.57. The van der Waals surface area contributed by atoms with Crippen molar-refractivity contribution in [1.29, 1.82) is 5.26 Å². The van der Waals surface area contributed by atoms with Gasteiger partial charge < -0.3 is 9.73 Å². The van der Waals surface area contributed by atoms with Gasteiger partial charge >= 0.3 is 0 Å². The number of benzene rings is 1. The van der Waals surface area contributed by atoms with Gasteiger partial charge in [-0.05, 0) is 38.5 Å². The predicted octanol–water partition coefficient (Wildman–Crippen LogP) is 3.01. The van der Waals surface area contributed by atoms with Gasteiger partial charge in [-0.1, -0.05) is 12.1 Å². The fourth-order valence-corrected chi connectivity index (χ4v) is 1.82. The first-order valence-electron chi connectivity index (χ1n) is 6.26. The van der Waals surface area contributed by atoms with Gasteiger partial charge in [0.25, 0.3) is 0 Å². The first kappa shape index (κ1) is 13.3. The quantitative estimate of drug-likeness (QED) is 0.912. The van der Waals surface area contributed by atoms with Crippen molar-refractivity contribution < 1.29 is 4.42 Å². The van der Waals surface area contributed by atoms with E-state index in [-0.39, 0.29) is 6.04 Å². The van der Waals surface area contributed by atoms with Gasteiger partial charge in [0, 0.05) is 6.04 Å². The van der Waals surface area contributed by atoms with Crippen LogP contribution >= 0.6 is 0 Å². The van der Waals surface area contributed by atoms with Crippen LogP contribution < -0.4 is 5.32 Å². The van der Waals surface area contributed by atoms with Crippen molar-refractivity contribution in [2.45, 2.75) is 33.4 Å². The summed E-state index contributed by atoms with van der Waals surface area (Å²) in [5.41, 5.74) is 2.75. The minimum Gasteiger partial charge on any atom is -0.444 e. The molecule has 1 N–H and O–H groups in total. The highest BCUT2D eigenvalue weighted by molar-refractivity contribution is 5.32. The highest BCUT2D eigenvalue weighted by atomic mass is 16.4. The Hall–Kier alpha value is -2.12. The average Bonchev–Trinajstić information content (AvgIpc) is 2.75. The lowest BCUT2D eigenvalue weighted by molar-refractivity contribution is 0.432. The van der Waals surface area contributed by atoms with Crippen LogP contribution in [0.5, 0.6) is 0 Å². The molecule has 4 nitrogen and oxygen atoms in total. The predicted molar refractivity (Wildman–Crippen MR) is 72.4 cm³/mol. The van der Waals surface area contributed by atoms with Gasteiger partial charge in [0.15, 0.2) is 0 Å². The maximum absolute atomic E-state index is 8.76. The molecule has 19 heavy (non-hydrogen) atoms. The van der Waals surface area contributed by atoms with E-state index in [1.807, 2.05) is 38.1 Å².